The van der Waals surface area contributed by atoms with Crippen molar-refractivity contribution < 1.29 is 27.2 Å². The number of benzene rings is 1. The number of hydrogen-bond acceptors (Lipinski definition) is 3. The highest BCUT2D eigenvalue weighted by atomic mass is 19.4. The topological polar surface area (TPSA) is 61.4 Å². The number of alkyl halides is 3. The molecule has 0 atom stereocenters. The Labute approximate surface area is 136 Å². The van der Waals surface area contributed by atoms with Crippen LogP contribution >= 0.6 is 0 Å². The standard InChI is InChI=1S/C15H17F4N3O2/c16-12-4-2-1-3-10(12)7-22(11-5-6-11)8-13(23)21-14(24)20-9-15(17,18)19/h1-4,11H,5-9H2,(H2,20,21,23,24). The van der Waals surface area contributed by atoms with E-state index >= 15 is 0 Å². The Balaban J connectivity index is 1.85. The molecule has 0 radical (unpaired) electrons. The molecule has 0 heterocycles. The molecule has 1 aromatic carbocycles. The van der Waals surface area contributed by atoms with E-state index in [4.69, 9.17) is 0 Å². The van der Waals surface area contributed by atoms with Crippen LogP contribution in [0.3, 0.4) is 0 Å². The minimum absolute atomic E-state index is 0.105. The van der Waals surface area contributed by atoms with Gasteiger partial charge in [0.1, 0.15) is 12.4 Å². The van der Waals surface area contributed by atoms with E-state index in [0.717, 1.165) is 12.8 Å². The van der Waals surface area contributed by atoms with Gasteiger partial charge in [0.05, 0.1) is 6.54 Å². The Morgan fingerprint density at radius 1 is 1.21 bits per heavy atom. The molecular weight excluding hydrogens is 330 g/mol. The van der Waals surface area contributed by atoms with E-state index in [9.17, 15) is 27.2 Å². The second kappa shape index (κ2) is 7.61. The SMILES string of the molecule is O=C(CN(Cc1ccccc1F)C1CC1)NC(=O)NCC(F)(F)F. The maximum atomic E-state index is 13.7. The van der Waals surface area contributed by atoms with E-state index in [1.54, 1.807) is 28.4 Å². The largest absolute Gasteiger partial charge is 0.405 e. The first-order chi connectivity index (χ1) is 11.2. The van der Waals surface area contributed by atoms with Gasteiger partial charge in [-0.3, -0.25) is 15.0 Å². The lowest BCUT2D eigenvalue weighted by Gasteiger charge is -2.21. The predicted octanol–water partition coefficient (Wildman–Crippen LogP) is 2.18. The average Bonchev–Trinajstić information content (AvgIpc) is 3.30. The molecule has 1 aliphatic carbocycles. The van der Waals surface area contributed by atoms with Crippen molar-refractivity contribution in [2.24, 2.45) is 0 Å². The Morgan fingerprint density at radius 3 is 2.46 bits per heavy atom. The van der Waals surface area contributed by atoms with Gasteiger partial charge in [-0.05, 0) is 18.9 Å². The van der Waals surface area contributed by atoms with Crippen LogP contribution in [0.4, 0.5) is 22.4 Å². The van der Waals surface area contributed by atoms with Crippen LogP contribution in [0.5, 0.6) is 0 Å². The molecule has 2 rings (SSSR count). The molecule has 3 amide bonds. The summed E-state index contributed by atoms with van der Waals surface area (Å²) in [6.07, 6.45) is -2.85. The quantitative estimate of drug-likeness (QED) is 0.776. The minimum atomic E-state index is -4.55. The predicted molar refractivity (Wildman–Crippen MR) is 77.4 cm³/mol. The average molecular weight is 347 g/mol. The van der Waals surface area contributed by atoms with Gasteiger partial charge < -0.3 is 5.32 Å². The van der Waals surface area contributed by atoms with Crippen molar-refractivity contribution in [1.82, 2.24) is 15.5 Å². The third kappa shape index (κ3) is 6.15. The zero-order valence-corrected chi connectivity index (χ0v) is 12.7. The summed E-state index contributed by atoms with van der Waals surface area (Å²) in [5.74, 6) is -1.13. The van der Waals surface area contributed by atoms with Crippen LogP contribution < -0.4 is 10.6 Å². The molecule has 1 saturated carbocycles. The summed E-state index contributed by atoms with van der Waals surface area (Å²) in [5, 5.41) is 3.40. The van der Waals surface area contributed by atoms with Crippen LogP contribution in [0, 0.1) is 5.82 Å². The first kappa shape index (κ1) is 18.2. The highest BCUT2D eigenvalue weighted by Crippen LogP contribution is 2.28. The number of amides is 3. The van der Waals surface area contributed by atoms with Crippen molar-refractivity contribution in [2.45, 2.75) is 31.6 Å². The van der Waals surface area contributed by atoms with Crippen LogP contribution in [0.15, 0.2) is 24.3 Å². The number of nitrogens with zero attached hydrogens (tertiary/aromatic N) is 1. The van der Waals surface area contributed by atoms with Gasteiger partial charge in [0, 0.05) is 18.2 Å². The molecule has 1 fully saturated rings. The molecule has 132 valence electrons. The van der Waals surface area contributed by atoms with Gasteiger partial charge in [-0.1, -0.05) is 18.2 Å². The first-order valence-corrected chi connectivity index (χ1v) is 7.36. The normalized spacial score (nSPS) is 14.5. The number of halogens is 4. The molecule has 24 heavy (non-hydrogen) atoms. The Hall–Kier alpha value is -2.16. The molecule has 0 aromatic heterocycles. The molecule has 1 aliphatic rings. The minimum Gasteiger partial charge on any atom is -0.329 e. The number of carbonyl (C=O) groups is 2. The summed E-state index contributed by atoms with van der Waals surface area (Å²) >= 11 is 0. The highest BCUT2D eigenvalue weighted by Gasteiger charge is 2.31. The zero-order valence-electron chi connectivity index (χ0n) is 12.7. The van der Waals surface area contributed by atoms with Crippen LogP contribution in [-0.2, 0) is 11.3 Å². The smallest absolute Gasteiger partial charge is 0.329 e. The lowest BCUT2D eigenvalue weighted by molar-refractivity contribution is -0.125. The van der Waals surface area contributed by atoms with Gasteiger partial charge in [0.2, 0.25) is 5.91 Å². The van der Waals surface area contributed by atoms with E-state index in [2.05, 4.69) is 0 Å². The number of nitrogens with one attached hydrogen (secondary N) is 2. The number of rotatable bonds is 6. The van der Waals surface area contributed by atoms with Crippen LogP contribution in [0.1, 0.15) is 18.4 Å². The molecule has 0 saturated heterocycles. The zero-order chi connectivity index (χ0) is 17.7. The molecule has 0 aliphatic heterocycles. The monoisotopic (exact) mass is 347 g/mol. The van der Waals surface area contributed by atoms with Crippen LogP contribution in [0.25, 0.3) is 0 Å². The molecule has 5 nitrogen and oxygen atoms in total. The third-order valence-corrected chi connectivity index (χ3v) is 3.44. The van der Waals surface area contributed by atoms with Crippen molar-refractivity contribution in [3.05, 3.63) is 35.6 Å². The van der Waals surface area contributed by atoms with Gasteiger partial charge in [-0.15, -0.1) is 0 Å². The van der Waals surface area contributed by atoms with E-state index in [0.29, 0.717) is 5.56 Å². The third-order valence-electron chi connectivity index (χ3n) is 3.44. The molecule has 0 bridgehead atoms. The first-order valence-electron chi connectivity index (χ1n) is 7.36. The van der Waals surface area contributed by atoms with E-state index < -0.39 is 30.5 Å². The molecular formula is C15H17F4N3O2. The van der Waals surface area contributed by atoms with Crippen molar-refractivity contribution in [1.29, 1.82) is 0 Å². The van der Waals surface area contributed by atoms with Crippen molar-refractivity contribution in [3.8, 4) is 0 Å². The van der Waals surface area contributed by atoms with E-state index in [1.165, 1.54) is 6.07 Å². The van der Waals surface area contributed by atoms with Gasteiger partial charge in [0.15, 0.2) is 0 Å². The van der Waals surface area contributed by atoms with Gasteiger partial charge >= 0.3 is 12.2 Å². The summed E-state index contributed by atoms with van der Waals surface area (Å²) in [6, 6.07) is 5.03. The summed E-state index contributed by atoms with van der Waals surface area (Å²) < 4.78 is 49.7. The van der Waals surface area contributed by atoms with E-state index in [-0.39, 0.29) is 19.1 Å². The van der Waals surface area contributed by atoms with Crippen molar-refractivity contribution >= 4 is 11.9 Å². The molecule has 1 aromatic rings. The van der Waals surface area contributed by atoms with Crippen molar-refractivity contribution in [2.75, 3.05) is 13.1 Å². The fourth-order valence-corrected chi connectivity index (χ4v) is 2.17. The lowest BCUT2D eigenvalue weighted by Crippen LogP contribution is -2.47. The van der Waals surface area contributed by atoms with Crippen LogP contribution in [-0.4, -0.2) is 42.1 Å². The van der Waals surface area contributed by atoms with Gasteiger partial charge in [-0.25, -0.2) is 9.18 Å². The van der Waals surface area contributed by atoms with Crippen LogP contribution in [0.2, 0.25) is 0 Å². The van der Waals surface area contributed by atoms with Gasteiger partial charge in [0.25, 0.3) is 0 Å². The molecule has 0 spiro atoms. The number of hydrogen-bond donors (Lipinski definition) is 2. The maximum Gasteiger partial charge on any atom is 0.405 e. The Kier molecular flexibility index (Phi) is 5.76. The number of carbonyl (C=O) groups excluding carboxylic acids is 2. The molecule has 9 heteroatoms. The second-order valence-electron chi connectivity index (χ2n) is 5.57. The second-order valence-corrected chi connectivity index (χ2v) is 5.57. The Morgan fingerprint density at radius 2 is 1.88 bits per heavy atom. The molecule has 0 unspecified atom stereocenters. The summed E-state index contributed by atoms with van der Waals surface area (Å²) in [4.78, 5) is 24.8. The summed E-state index contributed by atoms with van der Waals surface area (Å²) in [5.41, 5.74) is 0.415. The Bertz CT molecular complexity index is 603. The molecule has 2 N–H and O–H groups in total. The van der Waals surface area contributed by atoms with Gasteiger partial charge in [-0.2, -0.15) is 13.2 Å². The highest BCUT2D eigenvalue weighted by molar-refractivity contribution is 5.95. The maximum absolute atomic E-state index is 13.7. The van der Waals surface area contributed by atoms with Crippen molar-refractivity contribution in [3.63, 3.8) is 0 Å². The fourth-order valence-electron chi connectivity index (χ4n) is 2.17. The van der Waals surface area contributed by atoms with E-state index in [1.807, 2.05) is 5.32 Å². The number of urea groups is 1. The number of imide groups is 1. The summed E-state index contributed by atoms with van der Waals surface area (Å²) in [6.45, 7) is -1.53. The summed E-state index contributed by atoms with van der Waals surface area (Å²) in [7, 11) is 0. The lowest BCUT2D eigenvalue weighted by atomic mass is 10.2. The fraction of sp³-hybridized carbons (Fsp3) is 0.467.